The summed E-state index contributed by atoms with van der Waals surface area (Å²) < 4.78 is 58.5. The Morgan fingerprint density at radius 1 is 0.966 bits per heavy atom. The smallest absolute Gasteiger partial charge is 0.261 e. The molecule has 0 aliphatic carbocycles. The summed E-state index contributed by atoms with van der Waals surface area (Å²) in [5, 5.41) is 2.38. The second kappa shape index (κ2) is 8.23. The molecule has 3 rings (SSSR count). The van der Waals surface area contributed by atoms with E-state index < -0.39 is 27.6 Å². The van der Waals surface area contributed by atoms with Crippen LogP contribution in [0.4, 0.5) is 20.2 Å². The van der Waals surface area contributed by atoms with Gasteiger partial charge in [-0.3, -0.25) is 14.5 Å². The zero-order valence-electron chi connectivity index (χ0n) is 15.0. The first-order valence-electron chi connectivity index (χ1n) is 8.17. The van der Waals surface area contributed by atoms with Crippen LogP contribution >= 0.6 is 0 Å². The van der Waals surface area contributed by atoms with Crippen LogP contribution in [-0.4, -0.2) is 26.4 Å². The third-order valence-electron chi connectivity index (χ3n) is 3.80. The van der Waals surface area contributed by atoms with Crippen molar-refractivity contribution in [2.75, 3.05) is 17.1 Å². The normalized spacial score (nSPS) is 11.0. The van der Waals surface area contributed by atoms with Crippen LogP contribution in [0.2, 0.25) is 0 Å². The van der Waals surface area contributed by atoms with Gasteiger partial charge in [0, 0.05) is 18.0 Å². The first kappa shape index (κ1) is 20.2. The van der Waals surface area contributed by atoms with E-state index in [0.717, 1.165) is 12.1 Å². The highest BCUT2D eigenvalue weighted by atomic mass is 32.2. The molecule has 0 saturated heterocycles. The molecule has 0 saturated carbocycles. The Morgan fingerprint density at radius 2 is 1.69 bits per heavy atom. The summed E-state index contributed by atoms with van der Waals surface area (Å²) in [7, 11) is -2.46. The second-order valence-electron chi connectivity index (χ2n) is 5.83. The first-order valence-corrected chi connectivity index (χ1v) is 9.65. The highest BCUT2D eigenvalue weighted by Crippen LogP contribution is 2.20. The molecule has 0 atom stereocenters. The monoisotopic (exact) mass is 419 g/mol. The standard InChI is InChI=1S/C19H15F2N3O4S/c1-28-15-3-5-16(6-4-15)29(26,27)24-14-8-12(10-22-11-14)19(25)23-13-2-7-17(20)18(21)9-13/h2-11,24H,1H3,(H,23,25). The van der Waals surface area contributed by atoms with Crippen molar-refractivity contribution in [1.82, 2.24) is 4.98 Å². The summed E-state index contributed by atoms with van der Waals surface area (Å²) in [5.41, 5.74) is 0.113. The molecule has 2 N–H and O–H groups in total. The predicted octanol–water partition coefficient (Wildman–Crippen LogP) is 3.42. The molecule has 1 aromatic heterocycles. The molecule has 1 amide bonds. The molecular weight excluding hydrogens is 404 g/mol. The molecule has 0 spiro atoms. The van der Waals surface area contributed by atoms with E-state index in [9.17, 15) is 22.0 Å². The molecule has 0 fully saturated rings. The molecule has 2 aromatic carbocycles. The fraction of sp³-hybridized carbons (Fsp3) is 0.0526. The van der Waals surface area contributed by atoms with Gasteiger partial charge in [-0.05, 0) is 42.5 Å². The van der Waals surface area contributed by atoms with Gasteiger partial charge in [0.2, 0.25) is 0 Å². The predicted molar refractivity (Wildman–Crippen MR) is 102 cm³/mol. The summed E-state index contributed by atoms with van der Waals surface area (Å²) in [4.78, 5) is 16.1. The van der Waals surface area contributed by atoms with Crippen molar-refractivity contribution in [3.63, 3.8) is 0 Å². The van der Waals surface area contributed by atoms with Crippen LogP contribution in [-0.2, 0) is 10.0 Å². The van der Waals surface area contributed by atoms with Gasteiger partial charge < -0.3 is 10.1 Å². The van der Waals surface area contributed by atoms with Gasteiger partial charge >= 0.3 is 0 Å². The molecular formula is C19H15F2N3O4S. The largest absolute Gasteiger partial charge is 0.497 e. The zero-order valence-corrected chi connectivity index (χ0v) is 15.8. The number of anilines is 2. The number of nitrogens with zero attached hydrogens (tertiary/aromatic N) is 1. The molecule has 29 heavy (non-hydrogen) atoms. The van der Waals surface area contributed by atoms with E-state index in [0.29, 0.717) is 5.75 Å². The van der Waals surface area contributed by atoms with Crippen molar-refractivity contribution in [1.29, 1.82) is 0 Å². The molecule has 0 bridgehead atoms. The Labute approximate surface area is 165 Å². The number of rotatable bonds is 6. The topological polar surface area (TPSA) is 97.4 Å². The van der Waals surface area contributed by atoms with Gasteiger partial charge in [-0.15, -0.1) is 0 Å². The highest BCUT2D eigenvalue weighted by molar-refractivity contribution is 7.92. The van der Waals surface area contributed by atoms with Crippen molar-refractivity contribution < 1.29 is 26.7 Å². The lowest BCUT2D eigenvalue weighted by atomic mass is 10.2. The second-order valence-corrected chi connectivity index (χ2v) is 7.51. The van der Waals surface area contributed by atoms with Crippen molar-refractivity contribution >= 4 is 27.3 Å². The minimum atomic E-state index is -3.92. The SMILES string of the molecule is COc1ccc(S(=O)(=O)Nc2cncc(C(=O)Nc3ccc(F)c(F)c3)c2)cc1. The van der Waals surface area contributed by atoms with E-state index in [2.05, 4.69) is 15.0 Å². The molecule has 0 unspecified atom stereocenters. The Hall–Kier alpha value is -3.53. The summed E-state index contributed by atoms with van der Waals surface area (Å²) in [6, 6.07) is 9.91. The van der Waals surface area contributed by atoms with E-state index in [-0.39, 0.29) is 21.8 Å². The Balaban J connectivity index is 1.77. The summed E-state index contributed by atoms with van der Waals surface area (Å²) in [6.07, 6.45) is 2.44. The average Bonchev–Trinajstić information content (AvgIpc) is 2.70. The van der Waals surface area contributed by atoms with Crippen molar-refractivity contribution in [2.24, 2.45) is 0 Å². The lowest BCUT2D eigenvalue weighted by molar-refractivity contribution is 0.102. The fourth-order valence-electron chi connectivity index (χ4n) is 2.37. The van der Waals surface area contributed by atoms with Crippen LogP contribution in [0.3, 0.4) is 0 Å². The van der Waals surface area contributed by atoms with Gasteiger partial charge in [-0.25, -0.2) is 17.2 Å². The lowest BCUT2D eigenvalue weighted by Crippen LogP contribution is -2.15. The van der Waals surface area contributed by atoms with Crippen LogP contribution < -0.4 is 14.8 Å². The van der Waals surface area contributed by atoms with Crippen LogP contribution in [0.1, 0.15) is 10.4 Å². The maximum absolute atomic E-state index is 13.3. The number of carbonyl (C=O) groups is 1. The van der Waals surface area contributed by atoms with Gasteiger partial charge in [0.1, 0.15) is 5.75 Å². The molecule has 0 aliphatic heterocycles. The van der Waals surface area contributed by atoms with E-state index in [4.69, 9.17) is 4.74 Å². The number of halogens is 2. The number of sulfonamides is 1. The quantitative estimate of drug-likeness (QED) is 0.638. The number of aromatic nitrogens is 1. The third kappa shape index (κ3) is 4.85. The summed E-state index contributed by atoms with van der Waals surface area (Å²) >= 11 is 0. The molecule has 0 aliphatic rings. The number of benzene rings is 2. The number of hydrogen-bond donors (Lipinski definition) is 2. The number of amides is 1. The Bertz CT molecular complexity index is 1150. The van der Waals surface area contributed by atoms with Crippen molar-refractivity contribution in [3.8, 4) is 5.75 Å². The molecule has 3 aromatic rings. The van der Waals surface area contributed by atoms with Gasteiger partial charge in [0.15, 0.2) is 11.6 Å². The number of nitrogens with one attached hydrogen (secondary N) is 2. The van der Waals surface area contributed by atoms with Crippen LogP contribution in [0.15, 0.2) is 65.8 Å². The molecule has 10 heteroatoms. The molecule has 7 nitrogen and oxygen atoms in total. The lowest BCUT2D eigenvalue weighted by Gasteiger charge is -2.10. The first-order chi connectivity index (χ1) is 13.8. The highest BCUT2D eigenvalue weighted by Gasteiger charge is 2.16. The van der Waals surface area contributed by atoms with Gasteiger partial charge in [0.25, 0.3) is 15.9 Å². The molecule has 0 radical (unpaired) electrons. The number of ether oxygens (including phenoxy) is 1. The number of pyridine rings is 1. The summed E-state index contributed by atoms with van der Waals surface area (Å²) in [5.74, 6) is -2.32. The van der Waals surface area contributed by atoms with Gasteiger partial charge in [-0.2, -0.15) is 0 Å². The number of carbonyl (C=O) groups excluding carboxylic acids is 1. The number of hydrogen-bond acceptors (Lipinski definition) is 5. The third-order valence-corrected chi connectivity index (χ3v) is 5.20. The van der Waals surface area contributed by atoms with Gasteiger partial charge in [-0.1, -0.05) is 0 Å². The zero-order chi connectivity index (χ0) is 21.0. The number of methoxy groups -OCH3 is 1. The maximum atomic E-state index is 13.3. The molecule has 150 valence electrons. The minimum absolute atomic E-state index is 0.00468. The Kier molecular flexibility index (Phi) is 5.74. The van der Waals surface area contributed by atoms with E-state index in [1.165, 1.54) is 55.9 Å². The van der Waals surface area contributed by atoms with Crippen LogP contribution in [0.25, 0.3) is 0 Å². The van der Waals surface area contributed by atoms with E-state index in [1.807, 2.05) is 0 Å². The van der Waals surface area contributed by atoms with Gasteiger partial charge in [0.05, 0.1) is 29.5 Å². The van der Waals surface area contributed by atoms with Crippen LogP contribution in [0.5, 0.6) is 5.75 Å². The van der Waals surface area contributed by atoms with Crippen LogP contribution in [0, 0.1) is 11.6 Å². The summed E-state index contributed by atoms with van der Waals surface area (Å²) in [6.45, 7) is 0. The fourth-order valence-corrected chi connectivity index (χ4v) is 3.40. The minimum Gasteiger partial charge on any atom is -0.497 e. The molecule has 1 heterocycles. The van der Waals surface area contributed by atoms with E-state index in [1.54, 1.807) is 0 Å². The van der Waals surface area contributed by atoms with E-state index >= 15 is 0 Å². The maximum Gasteiger partial charge on any atom is 0.261 e. The average molecular weight is 419 g/mol. The Morgan fingerprint density at radius 3 is 2.34 bits per heavy atom. The van der Waals surface area contributed by atoms with Crippen molar-refractivity contribution in [2.45, 2.75) is 4.90 Å². The van der Waals surface area contributed by atoms with Crippen molar-refractivity contribution in [3.05, 3.63) is 78.1 Å².